The maximum atomic E-state index is 6.26. The third kappa shape index (κ3) is 3.72. The Bertz CT molecular complexity index is 422. The van der Waals surface area contributed by atoms with E-state index in [1.165, 1.54) is 5.56 Å². The molecule has 0 fully saturated rings. The van der Waals surface area contributed by atoms with Gasteiger partial charge in [-0.2, -0.15) is 0 Å². The summed E-state index contributed by atoms with van der Waals surface area (Å²) in [5.74, 6) is 0.850. The summed E-state index contributed by atoms with van der Waals surface area (Å²) in [5, 5.41) is 0. The van der Waals surface area contributed by atoms with Gasteiger partial charge in [0.2, 0.25) is 0 Å². The monoisotopic (exact) mass is 279 g/mol. The first-order chi connectivity index (χ1) is 9.76. The molecular weight excluding hydrogens is 254 g/mol. The van der Waals surface area contributed by atoms with E-state index >= 15 is 0 Å². The molecule has 0 aliphatic heterocycles. The molecule has 2 rings (SSSR count). The molecule has 4 heteroatoms. The Labute approximate surface area is 121 Å². The van der Waals surface area contributed by atoms with E-state index in [4.69, 9.17) is 19.9 Å². The Morgan fingerprint density at radius 1 is 1.25 bits per heavy atom. The predicted octanol–water partition coefficient (Wildman–Crippen LogP) is 2.45. The van der Waals surface area contributed by atoms with Crippen LogP contribution in [0.3, 0.4) is 0 Å². The van der Waals surface area contributed by atoms with E-state index in [1.54, 1.807) is 7.11 Å². The van der Waals surface area contributed by atoms with Crippen molar-refractivity contribution in [3.8, 4) is 5.75 Å². The Morgan fingerprint density at radius 2 is 2.10 bits per heavy atom. The Morgan fingerprint density at radius 3 is 2.85 bits per heavy atom. The number of unbranched alkanes of at least 4 members (excludes halogenated alkanes) is 1. The molecule has 2 unspecified atom stereocenters. The quantitative estimate of drug-likeness (QED) is 0.743. The number of hydrogen-bond acceptors (Lipinski definition) is 4. The van der Waals surface area contributed by atoms with E-state index in [9.17, 15) is 0 Å². The number of hydrogen-bond donors (Lipinski definition) is 1. The summed E-state index contributed by atoms with van der Waals surface area (Å²) in [4.78, 5) is 0. The summed E-state index contributed by atoms with van der Waals surface area (Å²) in [6.07, 6.45) is 3.18. The number of fused-ring (bicyclic) bond motifs is 1. The van der Waals surface area contributed by atoms with Crippen molar-refractivity contribution in [2.24, 2.45) is 5.73 Å². The van der Waals surface area contributed by atoms with Crippen molar-refractivity contribution in [2.75, 3.05) is 26.9 Å². The van der Waals surface area contributed by atoms with Crippen LogP contribution in [0.15, 0.2) is 18.2 Å². The van der Waals surface area contributed by atoms with Crippen LogP contribution in [-0.2, 0) is 15.9 Å². The molecule has 4 nitrogen and oxygen atoms in total. The van der Waals surface area contributed by atoms with Crippen LogP contribution in [0, 0.1) is 0 Å². The molecule has 112 valence electrons. The van der Waals surface area contributed by atoms with Crippen LogP contribution in [-0.4, -0.2) is 33.0 Å². The average Bonchev–Trinajstić information content (AvgIpc) is 2.79. The maximum absolute atomic E-state index is 6.26. The highest BCUT2D eigenvalue weighted by molar-refractivity contribution is 5.42. The standard InChI is InChI=1S/C16H25NO3/c1-3-4-7-19-8-9-20-15-10-12-5-6-13(18-2)11-14(12)16(15)17/h5-6,11,15-16H,3-4,7-10,17H2,1-2H3. The summed E-state index contributed by atoms with van der Waals surface area (Å²) in [6.45, 7) is 4.22. The maximum Gasteiger partial charge on any atom is 0.119 e. The highest BCUT2D eigenvalue weighted by atomic mass is 16.5. The molecule has 0 heterocycles. The van der Waals surface area contributed by atoms with Crippen LogP contribution >= 0.6 is 0 Å². The summed E-state index contributed by atoms with van der Waals surface area (Å²) < 4.78 is 16.6. The Hall–Kier alpha value is -1.10. The molecule has 1 aromatic carbocycles. The van der Waals surface area contributed by atoms with Gasteiger partial charge >= 0.3 is 0 Å². The van der Waals surface area contributed by atoms with Gasteiger partial charge in [0.15, 0.2) is 0 Å². The zero-order valence-corrected chi connectivity index (χ0v) is 12.4. The van der Waals surface area contributed by atoms with Crippen LogP contribution < -0.4 is 10.5 Å². The van der Waals surface area contributed by atoms with E-state index in [1.807, 2.05) is 12.1 Å². The minimum Gasteiger partial charge on any atom is -0.497 e. The van der Waals surface area contributed by atoms with Gasteiger partial charge in [-0.15, -0.1) is 0 Å². The first-order valence-corrected chi connectivity index (χ1v) is 7.38. The van der Waals surface area contributed by atoms with E-state index < -0.39 is 0 Å². The molecule has 0 spiro atoms. The topological polar surface area (TPSA) is 53.7 Å². The molecule has 1 aromatic rings. The van der Waals surface area contributed by atoms with Gasteiger partial charge in [0, 0.05) is 13.0 Å². The van der Waals surface area contributed by atoms with Crippen LogP contribution in [0.25, 0.3) is 0 Å². The van der Waals surface area contributed by atoms with Gasteiger partial charge in [-0.3, -0.25) is 0 Å². The van der Waals surface area contributed by atoms with Crippen LogP contribution in [0.2, 0.25) is 0 Å². The second kappa shape index (κ2) is 7.62. The van der Waals surface area contributed by atoms with Gasteiger partial charge in [0.25, 0.3) is 0 Å². The first kappa shape index (κ1) is 15.3. The molecule has 0 saturated carbocycles. The van der Waals surface area contributed by atoms with Crippen LogP contribution in [0.5, 0.6) is 5.75 Å². The van der Waals surface area contributed by atoms with Crippen molar-refractivity contribution in [1.29, 1.82) is 0 Å². The molecule has 0 saturated heterocycles. The van der Waals surface area contributed by atoms with Crippen molar-refractivity contribution >= 4 is 0 Å². The Kier molecular flexibility index (Phi) is 5.83. The zero-order valence-electron chi connectivity index (χ0n) is 12.4. The van der Waals surface area contributed by atoms with Gasteiger partial charge in [0.1, 0.15) is 5.75 Å². The lowest BCUT2D eigenvalue weighted by Gasteiger charge is -2.17. The molecule has 2 atom stereocenters. The highest BCUT2D eigenvalue weighted by Crippen LogP contribution is 2.34. The SMILES string of the molecule is CCCCOCCOC1Cc2ccc(OC)cc2C1N. The third-order valence-corrected chi connectivity index (χ3v) is 3.74. The summed E-state index contributed by atoms with van der Waals surface area (Å²) in [5.41, 5.74) is 8.65. The lowest BCUT2D eigenvalue weighted by Crippen LogP contribution is -2.26. The minimum absolute atomic E-state index is 0.0480. The molecule has 0 bridgehead atoms. The van der Waals surface area contributed by atoms with Crippen molar-refractivity contribution in [3.05, 3.63) is 29.3 Å². The highest BCUT2D eigenvalue weighted by Gasteiger charge is 2.30. The van der Waals surface area contributed by atoms with Crippen molar-refractivity contribution < 1.29 is 14.2 Å². The number of rotatable bonds is 8. The number of ether oxygens (including phenoxy) is 3. The normalized spacial score (nSPS) is 20.9. The first-order valence-electron chi connectivity index (χ1n) is 7.38. The Balaban J connectivity index is 1.78. The summed E-state index contributed by atoms with van der Waals surface area (Å²) >= 11 is 0. The van der Waals surface area contributed by atoms with E-state index in [0.29, 0.717) is 13.2 Å². The fourth-order valence-electron chi connectivity index (χ4n) is 2.51. The second-order valence-electron chi connectivity index (χ2n) is 5.17. The van der Waals surface area contributed by atoms with Gasteiger partial charge in [-0.25, -0.2) is 0 Å². The predicted molar refractivity (Wildman–Crippen MR) is 79.1 cm³/mol. The van der Waals surface area contributed by atoms with Gasteiger partial charge in [-0.05, 0) is 29.7 Å². The molecule has 0 amide bonds. The molecule has 20 heavy (non-hydrogen) atoms. The lowest BCUT2D eigenvalue weighted by molar-refractivity contribution is -0.00137. The lowest BCUT2D eigenvalue weighted by atomic mass is 10.1. The van der Waals surface area contributed by atoms with Gasteiger partial charge < -0.3 is 19.9 Å². The summed E-state index contributed by atoms with van der Waals surface area (Å²) in [6, 6.07) is 5.99. The molecule has 1 aliphatic rings. The fraction of sp³-hybridized carbons (Fsp3) is 0.625. The third-order valence-electron chi connectivity index (χ3n) is 3.74. The molecular formula is C16H25NO3. The fourth-order valence-corrected chi connectivity index (χ4v) is 2.51. The summed E-state index contributed by atoms with van der Waals surface area (Å²) in [7, 11) is 1.67. The average molecular weight is 279 g/mol. The van der Waals surface area contributed by atoms with E-state index in [-0.39, 0.29) is 12.1 Å². The van der Waals surface area contributed by atoms with Crippen molar-refractivity contribution in [2.45, 2.75) is 38.3 Å². The number of nitrogens with two attached hydrogens (primary N) is 1. The van der Waals surface area contributed by atoms with Crippen molar-refractivity contribution in [1.82, 2.24) is 0 Å². The minimum atomic E-state index is -0.0734. The van der Waals surface area contributed by atoms with Crippen LogP contribution in [0.4, 0.5) is 0 Å². The number of methoxy groups -OCH3 is 1. The molecule has 0 aromatic heterocycles. The van der Waals surface area contributed by atoms with E-state index in [0.717, 1.165) is 37.2 Å². The van der Waals surface area contributed by atoms with Gasteiger partial charge in [-0.1, -0.05) is 19.4 Å². The largest absolute Gasteiger partial charge is 0.497 e. The molecule has 0 radical (unpaired) electrons. The number of benzene rings is 1. The van der Waals surface area contributed by atoms with E-state index in [2.05, 4.69) is 13.0 Å². The zero-order chi connectivity index (χ0) is 14.4. The van der Waals surface area contributed by atoms with Crippen LogP contribution in [0.1, 0.15) is 36.9 Å². The smallest absolute Gasteiger partial charge is 0.119 e. The second-order valence-corrected chi connectivity index (χ2v) is 5.17. The van der Waals surface area contributed by atoms with Crippen molar-refractivity contribution in [3.63, 3.8) is 0 Å². The molecule has 2 N–H and O–H groups in total. The molecule has 1 aliphatic carbocycles. The van der Waals surface area contributed by atoms with Gasteiger partial charge in [0.05, 0.1) is 32.5 Å².